The molecule has 104 valence electrons. The van der Waals surface area contributed by atoms with Crippen molar-refractivity contribution in [2.45, 2.75) is 37.8 Å². The number of aliphatic hydroxyl groups is 1. The summed E-state index contributed by atoms with van der Waals surface area (Å²) < 4.78 is 5.06. The Hall–Kier alpha value is -1.75. The summed E-state index contributed by atoms with van der Waals surface area (Å²) in [7, 11) is 1.56. The number of benzene rings is 1. The first kappa shape index (κ1) is 13.7. The van der Waals surface area contributed by atoms with E-state index in [2.05, 4.69) is 0 Å². The number of anilines is 1. The summed E-state index contributed by atoms with van der Waals surface area (Å²) in [5.41, 5.74) is 0.569. The molecule has 2 rings (SSSR count). The van der Waals surface area contributed by atoms with Gasteiger partial charge in [-0.05, 0) is 37.1 Å². The van der Waals surface area contributed by atoms with Crippen LogP contribution in [0.25, 0.3) is 0 Å². The molecule has 5 nitrogen and oxygen atoms in total. The molecule has 0 radical (unpaired) electrons. The number of hydrogen-bond acceptors (Lipinski definition) is 3. The number of rotatable bonds is 3. The molecular formula is C14H19NO4. The van der Waals surface area contributed by atoms with Gasteiger partial charge in [-0.25, -0.2) is 4.79 Å². The second kappa shape index (κ2) is 5.93. The smallest absolute Gasteiger partial charge is 0.412 e. The first-order valence-electron chi connectivity index (χ1n) is 6.47. The molecule has 0 bridgehead atoms. The normalized spacial score (nSPS) is 22.8. The molecule has 1 aromatic rings. The summed E-state index contributed by atoms with van der Waals surface area (Å²) in [6.07, 6.45) is 1.63. The fourth-order valence-corrected chi connectivity index (χ4v) is 2.58. The Morgan fingerprint density at radius 1 is 1.26 bits per heavy atom. The van der Waals surface area contributed by atoms with Crippen LogP contribution in [0.2, 0.25) is 0 Å². The van der Waals surface area contributed by atoms with Crippen molar-refractivity contribution in [1.82, 2.24) is 0 Å². The molecule has 1 aromatic carbocycles. The minimum Gasteiger partial charge on any atom is -0.497 e. The van der Waals surface area contributed by atoms with E-state index in [1.807, 2.05) is 0 Å². The number of carbonyl (C=O) groups is 1. The van der Waals surface area contributed by atoms with Gasteiger partial charge in [0.2, 0.25) is 0 Å². The molecule has 19 heavy (non-hydrogen) atoms. The van der Waals surface area contributed by atoms with Gasteiger partial charge in [-0.1, -0.05) is 12.8 Å². The SMILES string of the molecule is COc1ccc(N(C(=O)O)[C@H]2CCCCC2O)cc1. The van der Waals surface area contributed by atoms with Crippen LogP contribution in [0.3, 0.4) is 0 Å². The highest BCUT2D eigenvalue weighted by Crippen LogP contribution is 2.29. The van der Waals surface area contributed by atoms with Gasteiger partial charge in [-0.3, -0.25) is 4.90 Å². The zero-order chi connectivity index (χ0) is 13.8. The number of hydrogen-bond donors (Lipinski definition) is 2. The summed E-state index contributed by atoms with van der Waals surface area (Å²) in [5, 5.41) is 19.4. The van der Waals surface area contributed by atoms with Crippen LogP contribution >= 0.6 is 0 Å². The minimum absolute atomic E-state index is 0.361. The highest BCUT2D eigenvalue weighted by Gasteiger charge is 2.32. The van der Waals surface area contributed by atoms with Crippen molar-refractivity contribution in [2.24, 2.45) is 0 Å². The number of nitrogens with zero attached hydrogens (tertiary/aromatic N) is 1. The van der Waals surface area contributed by atoms with Gasteiger partial charge in [-0.15, -0.1) is 0 Å². The van der Waals surface area contributed by atoms with Gasteiger partial charge in [0.25, 0.3) is 0 Å². The predicted molar refractivity (Wildman–Crippen MR) is 71.8 cm³/mol. The van der Waals surface area contributed by atoms with Gasteiger partial charge in [0.1, 0.15) is 5.75 Å². The molecule has 0 spiro atoms. The van der Waals surface area contributed by atoms with Gasteiger partial charge >= 0.3 is 6.09 Å². The summed E-state index contributed by atoms with van der Waals surface area (Å²) in [6, 6.07) is 6.49. The van der Waals surface area contributed by atoms with Crippen LogP contribution in [-0.2, 0) is 0 Å². The largest absolute Gasteiger partial charge is 0.497 e. The average Bonchev–Trinajstić information content (AvgIpc) is 2.42. The van der Waals surface area contributed by atoms with E-state index in [9.17, 15) is 15.0 Å². The molecule has 0 heterocycles. The maximum Gasteiger partial charge on any atom is 0.412 e. The number of carboxylic acid groups (broad SMARTS) is 1. The average molecular weight is 265 g/mol. The van der Waals surface area contributed by atoms with Crippen LogP contribution in [0.1, 0.15) is 25.7 Å². The van der Waals surface area contributed by atoms with Crippen molar-refractivity contribution >= 4 is 11.8 Å². The number of amides is 1. The molecule has 1 aliphatic carbocycles. The topological polar surface area (TPSA) is 70.0 Å². The Morgan fingerprint density at radius 2 is 1.89 bits per heavy atom. The maximum absolute atomic E-state index is 11.5. The molecule has 0 saturated heterocycles. The second-order valence-electron chi connectivity index (χ2n) is 4.77. The van der Waals surface area contributed by atoms with Crippen LogP contribution < -0.4 is 9.64 Å². The zero-order valence-corrected chi connectivity index (χ0v) is 11.0. The van der Waals surface area contributed by atoms with Gasteiger partial charge < -0.3 is 14.9 Å². The van der Waals surface area contributed by atoms with Gasteiger partial charge in [0.05, 0.1) is 19.3 Å². The lowest BCUT2D eigenvalue weighted by Crippen LogP contribution is -2.48. The number of aliphatic hydroxyl groups excluding tert-OH is 1. The third-order valence-corrected chi connectivity index (χ3v) is 3.58. The van der Waals surface area contributed by atoms with Crippen LogP contribution in [-0.4, -0.2) is 35.6 Å². The van der Waals surface area contributed by atoms with Gasteiger partial charge in [0, 0.05) is 5.69 Å². The lowest BCUT2D eigenvalue weighted by atomic mass is 9.91. The predicted octanol–water partition coefficient (Wildman–Crippen LogP) is 2.48. The van der Waals surface area contributed by atoms with Gasteiger partial charge in [-0.2, -0.15) is 0 Å². The molecule has 2 N–H and O–H groups in total. The lowest BCUT2D eigenvalue weighted by molar-refractivity contribution is 0.101. The van der Waals surface area contributed by atoms with Crippen molar-refractivity contribution in [1.29, 1.82) is 0 Å². The Kier molecular flexibility index (Phi) is 4.27. The molecule has 1 amide bonds. The Bertz CT molecular complexity index is 432. The highest BCUT2D eigenvalue weighted by atomic mass is 16.5. The van der Waals surface area contributed by atoms with Crippen LogP contribution in [0, 0.1) is 0 Å². The highest BCUT2D eigenvalue weighted by molar-refractivity contribution is 5.87. The van der Waals surface area contributed by atoms with Crippen molar-refractivity contribution in [2.75, 3.05) is 12.0 Å². The maximum atomic E-state index is 11.5. The summed E-state index contributed by atoms with van der Waals surface area (Å²) in [5.74, 6) is 0.679. The Balaban J connectivity index is 2.25. The van der Waals surface area contributed by atoms with E-state index in [0.29, 0.717) is 24.3 Å². The number of ether oxygens (including phenoxy) is 1. The molecule has 1 saturated carbocycles. The summed E-state index contributed by atoms with van der Waals surface area (Å²) in [6.45, 7) is 0. The van der Waals surface area contributed by atoms with E-state index in [1.165, 1.54) is 4.90 Å². The Labute approximate surface area is 112 Å². The first-order valence-corrected chi connectivity index (χ1v) is 6.47. The van der Waals surface area contributed by atoms with Crippen LogP contribution in [0.15, 0.2) is 24.3 Å². The molecule has 1 unspecified atom stereocenters. The third kappa shape index (κ3) is 2.98. The fraction of sp³-hybridized carbons (Fsp3) is 0.500. The van der Waals surface area contributed by atoms with E-state index >= 15 is 0 Å². The zero-order valence-electron chi connectivity index (χ0n) is 11.0. The fourth-order valence-electron chi connectivity index (χ4n) is 2.58. The summed E-state index contributed by atoms with van der Waals surface area (Å²) >= 11 is 0. The van der Waals surface area contributed by atoms with Crippen molar-refractivity contribution in [3.63, 3.8) is 0 Å². The monoisotopic (exact) mass is 265 g/mol. The van der Waals surface area contributed by atoms with Crippen molar-refractivity contribution in [3.8, 4) is 5.75 Å². The van der Waals surface area contributed by atoms with Gasteiger partial charge in [0.15, 0.2) is 0 Å². The van der Waals surface area contributed by atoms with E-state index in [0.717, 1.165) is 12.8 Å². The third-order valence-electron chi connectivity index (χ3n) is 3.58. The lowest BCUT2D eigenvalue weighted by Gasteiger charge is -2.35. The van der Waals surface area contributed by atoms with Crippen LogP contribution in [0.4, 0.5) is 10.5 Å². The second-order valence-corrected chi connectivity index (χ2v) is 4.77. The molecule has 0 aliphatic heterocycles. The molecular weight excluding hydrogens is 246 g/mol. The summed E-state index contributed by atoms with van der Waals surface area (Å²) in [4.78, 5) is 12.7. The van der Waals surface area contributed by atoms with E-state index < -0.39 is 12.2 Å². The standard InChI is InChI=1S/C14H19NO4/c1-19-11-8-6-10(7-9-11)15(14(17)18)12-4-2-3-5-13(12)16/h6-9,12-13,16H,2-5H2,1H3,(H,17,18)/t12-,13?/m0/s1. The number of methoxy groups -OCH3 is 1. The molecule has 1 fully saturated rings. The van der Waals surface area contributed by atoms with Crippen molar-refractivity contribution < 1.29 is 19.7 Å². The first-order chi connectivity index (χ1) is 9.13. The molecule has 1 aliphatic rings. The molecule has 5 heteroatoms. The quantitative estimate of drug-likeness (QED) is 0.880. The minimum atomic E-state index is -1.03. The Morgan fingerprint density at radius 3 is 2.42 bits per heavy atom. The van der Waals surface area contributed by atoms with Crippen LogP contribution in [0.5, 0.6) is 5.75 Å². The molecule has 2 atom stereocenters. The van der Waals surface area contributed by atoms with Crippen molar-refractivity contribution in [3.05, 3.63) is 24.3 Å². The van der Waals surface area contributed by atoms with E-state index in [-0.39, 0.29) is 6.04 Å². The van der Waals surface area contributed by atoms with E-state index in [1.54, 1.807) is 31.4 Å². The molecule has 0 aromatic heterocycles. The van der Waals surface area contributed by atoms with E-state index in [4.69, 9.17) is 4.74 Å².